The highest BCUT2D eigenvalue weighted by atomic mass is 16.5. The lowest BCUT2D eigenvalue weighted by Crippen LogP contribution is -2.25. The smallest absolute Gasteiger partial charge is 0.291 e. The fraction of sp³-hybridized carbons (Fsp3) is 0.159. The van der Waals surface area contributed by atoms with Crippen molar-refractivity contribution < 1.29 is 28.2 Å². The third-order valence-corrected chi connectivity index (χ3v) is 9.33. The van der Waals surface area contributed by atoms with Crippen LogP contribution in [-0.2, 0) is 19.5 Å². The molecule has 0 radical (unpaired) electrons. The molecular weight excluding hydrogens is 725 g/mol. The molecule has 0 saturated carbocycles. The predicted octanol–water partition coefficient (Wildman–Crippen LogP) is 7.15. The molecule has 0 fully saturated rings. The van der Waals surface area contributed by atoms with E-state index in [0.29, 0.717) is 29.9 Å². The number of pyridine rings is 1. The van der Waals surface area contributed by atoms with E-state index in [4.69, 9.17) is 18.6 Å². The Hall–Kier alpha value is -7.25. The topological polar surface area (TPSA) is 150 Å². The van der Waals surface area contributed by atoms with Crippen LogP contribution >= 0.6 is 0 Å². The van der Waals surface area contributed by atoms with Crippen molar-refractivity contribution in [1.82, 2.24) is 19.4 Å². The molecule has 0 aliphatic heterocycles. The molecule has 13 nitrogen and oxygen atoms in total. The van der Waals surface area contributed by atoms with Crippen LogP contribution in [0.3, 0.4) is 0 Å². The zero-order valence-corrected chi connectivity index (χ0v) is 31.6. The van der Waals surface area contributed by atoms with Crippen LogP contribution in [0.25, 0.3) is 16.7 Å². The standard InChI is InChI=1S/C44H40N6O7/c1-54-34-20-31(24-46-25-34)27-49(26-30-7-6-8-33(19-30)50-18-16-45-28-50)17-15-29-11-13-32(14-12-29)47-43(52)36-21-40(55-2)41(56-3)22-37(36)48-44(53)42-23-38(51)35-9-4-5-10-39(35)57-42/h4-14,16,18-25,28H,15,17,26-27H2,1-3H3,(H,47,52)(H,48,53). The largest absolute Gasteiger partial charge is 0.495 e. The number of ether oxygens (including phenoxy) is 3. The number of hydrogen-bond acceptors (Lipinski definition) is 10. The highest BCUT2D eigenvalue weighted by molar-refractivity contribution is 6.12. The number of carbonyl (C=O) groups excluding carboxylic acids is 2. The summed E-state index contributed by atoms with van der Waals surface area (Å²) in [6.07, 6.45) is 9.75. The number of fused-ring (bicyclic) bond motifs is 1. The summed E-state index contributed by atoms with van der Waals surface area (Å²) >= 11 is 0. The van der Waals surface area contributed by atoms with E-state index in [0.717, 1.165) is 41.4 Å². The van der Waals surface area contributed by atoms with Crippen molar-refractivity contribution >= 4 is 34.2 Å². The van der Waals surface area contributed by atoms with E-state index in [9.17, 15) is 14.4 Å². The normalized spacial score (nSPS) is 11.0. The molecule has 2 amide bonds. The van der Waals surface area contributed by atoms with Crippen LogP contribution in [0.1, 0.15) is 37.6 Å². The van der Waals surface area contributed by atoms with Gasteiger partial charge in [-0.3, -0.25) is 24.3 Å². The molecule has 3 heterocycles. The molecule has 7 aromatic rings. The van der Waals surface area contributed by atoms with Gasteiger partial charge in [0, 0.05) is 61.7 Å². The SMILES string of the molecule is COc1cncc(CN(CCc2ccc(NC(=O)c3cc(OC)c(OC)cc3NC(=O)c3cc(=O)c4ccccc4o3)cc2)Cc2cccc(-n3ccnc3)c2)c1. The number of rotatable bonds is 15. The van der Waals surface area contributed by atoms with Crippen LogP contribution in [0.2, 0.25) is 0 Å². The van der Waals surface area contributed by atoms with Gasteiger partial charge in [0.25, 0.3) is 11.8 Å². The Bertz CT molecular complexity index is 2570. The van der Waals surface area contributed by atoms with Gasteiger partial charge in [-0.05, 0) is 71.6 Å². The van der Waals surface area contributed by atoms with Gasteiger partial charge in [-0.15, -0.1) is 0 Å². The Morgan fingerprint density at radius 2 is 1.54 bits per heavy atom. The number of anilines is 2. The predicted molar refractivity (Wildman–Crippen MR) is 217 cm³/mol. The minimum atomic E-state index is -0.717. The number of imidazole rings is 1. The molecule has 0 unspecified atom stereocenters. The second-order valence-electron chi connectivity index (χ2n) is 13.2. The number of nitrogens with zero attached hydrogens (tertiary/aromatic N) is 4. The van der Waals surface area contributed by atoms with Crippen LogP contribution in [-0.4, -0.2) is 59.1 Å². The molecule has 0 bridgehead atoms. The molecule has 0 aliphatic rings. The molecule has 3 aromatic heterocycles. The van der Waals surface area contributed by atoms with Crippen LogP contribution in [0.5, 0.6) is 17.2 Å². The molecule has 0 atom stereocenters. The van der Waals surface area contributed by atoms with Gasteiger partial charge >= 0.3 is 0 Å². The van der Waals surface area contributed by atoms with Crippen molar-refractivity contribution in [3.05, 3.63) is 166 Å². The summed E-state index contributed by atoms with van der Waals surface area (Å²) in [5, 5.41) is 5.98. The zero-order valence-electron chi connectivity index (χ0n) is 31.6. The van der Waals surface area contributed by atoms with Crippen molar-refractivity contribution in [2.75, 3.05) is 38.5 Å². The summed E-state index contributed by atoms with van der Waals surface area (Å²) < 4.78 is 24.0. The Morgan fingerprint density at radius 1 is 0.754 bits per heavy atom. The quantitative estimate of drug-likeness (QED) is 0.110. The first kappa shape index (κ1) is 38.0. The van der Waals surface area contributed by atoms with Gasteiger partial charge in [0.2, 0.25) is 0 Å². The van der Waals surface area contributed by atoms with Crippen molar-refractivity contribution in [2.45, 2.75) is 19.5 Å². The van der Waals surface area contributed by atoms with E-state index in [1.807, 2.05) is 53.4 Å². The van der Waals surface area contributed by atoms with Gasteiger partial charge < -0.3 is 33.8 Å². The number of carbonyl (C=O) groups is 2. The van der Waals surface area contributed by atoms with Gasteiger partial charge in [-0.25, -0.2) is 4.98 Å². The highest BCUT2D eigenvalue weighted by Gasteiger charge is 2.21. The second kappa shape index (κ2) is 17.5. The summed E-state index contributed by atoms with van der Waals surface area (Å²) in [5.41, 5.74) is 4.98. The van der Waals surface area contributed by atoms with Gasteiger partial charge in [-0.1, -0.05) is 36.4 Å². The number of hydrogen-bond donors (Lipinski definition) is 2. The molecule has 288 valence electrons. The van der Waals surface area contributed by atoms with Gasteiger partial charge in [0.15, 0.2) is 22.7 Å². The average Bonchev–Trinajstić information content (AvgIpc) is 3.79. The second-order valence-corrected chi connectivity index (χ2v) is 13.2. The van der Waals surface area contributed by atoms with Gasteiger partial charge in [0.1, 0.15) is 11.3 Å². The number of methoxy groups -OCH3 is 3. The van der Waals surface area contributed by atoms with Crippen LogP contribution in [0.4, 0.5) is 11.4 Å². The number of para-hydroxylation sites is 1. The van der Waals surface area contributed by atoms with Crippen molar-refractivity contribution in [3.63, 3.8) is 0 Å². The van der Waals surface area contributed by atoms with Crippen LogP contribution in [0, 0.1) is 0 Å². The Kier molecular flexibility index (Phi) is 11.7. The molecule has 2 N–H and O–H groups in total. The summed E-state index contributed by atoms with van der Waals surface area (Å²) in [6.45, 7) is 2.10. The van der Waals surface area contributed by atoms with Crippen LogP contribution < -0.4 is 30.3 Å². The first-order valence-corrected chi connectivity index (χ1v) is 18.1. The molecule has 4 aromatic carbocycles. The molecule has 57 heavy (non-hydrogen) atoms. The lowest BCUT2D eigenvalue weighted by atomic mass is 10.1. The molecule has 13 heteroatoms. The molecular formula is C44H40N6O7. The zero-order chi connectivity index (χ0) is 39.7. The monoisotopic (exact) mass is 764 g/mol. The lowest BCUT2D eigenvalue weighted by molar-refractivity contribution is 0.0997. The highest BCUT2D eigenvalue weighted by Crippen LogP contribution is 2.34. The first-order valence-electron chi connectivity index (χ1n) is 18.1. The maximum Gasteiger partial charge on any atom is 0.291 e. The Balaban J connectivity index is 1.06. The minimum absolute atomic E-state index is 0.105. The van der Waals surface area contributed by atoms with E-state index in [-0.39, 0.29) is 39.5 Å². The summed E-state index contributed by atoms with van der Waals surface area (Å²) in [6, 6.07) is 28.7. The van der Waals surface area contributed by atoms with Crippen LogP contribution in [0.15, 0.2) is 137 Å². The van der Waals surface area contributed by atoms with E-state index < -0.39 is 11.8 Å². The van der Waals surface area contributed by atoms with E-state index in [2.05, 4.69) is 43.7 Å². The Labute approximate surface area is 328 Å². The molecule has 7 rings (SSSR count). The maximum atomic E-state index is 13.8. The lowest BCUT2D eigenvalue weighted by Gasteiger charge is -2.23. The van der Waals surface area contributed by atoms with E-state index >= 15 is 0 Å². The van der Waals surface area contributed by atoms with E-state index in [1.54, 1.807) is 50.1 Å². The van der Waals surface area contributed by atoms with Crippen molar-refractivity contribution in [2.24, 2.45) is 0 Å². The summed E-state index contributed by atoms with van der Waals surface area (Å²) in [5.74, 6) is -0.154. The fourth-order valence-electron chi connectivity index (χ4n) is 6.43. The molecule has 0 spiro atoms. The van der Waals surface area contributed by atoms with Gasteiger partial charge in [0.05, 0.1) is 50.5 Å². The van der Waals surface area contributed by atoms with E-state index in [1.165, 1.54) is 26.4 Å². The third kappa shape index (κ3) is 9.18. The molecule has 0 saturated heterocycles. The minimum Gasteiger partial charge on any atom is -0.495 e. The average molecular weight is 765 g/mol. The number of benzene rings is 4. The number of nitrogens with one attached hydrogen (secondary N) is 2. The van der Waals surface area contributed by atoms with Crippen molar-refractivity contribution in [1.29, 1.82) is 0 Å². The summed E-state index contributed by atoms with van der Waals surface area (Å²) in [4.78, 5) is 50.7. The first-order chi connectivity index (χ1) is 27.8. The Morgan fingerprint density at radius 3 is 2.32 bits per heavy atom. The fourth-order valence-corrected chi connectivity index (χ4v) is 6.43. The van der Waals surface area contributed by atoms with Gasteiger partial charge in [-0.2, -0.15) is 0 Å². The third-order valence-electron chi connectivity index (χ3n) is 9.33. The number of aromatic nitrogens is 3. The van der Waals surface area contributed by atoms with Crippen molar-refractivity contribution in [3.8, 4) is 22.9 Å². The molecule has 0 aliphatic carbocycles. The summed E-state index contributed by atoms with van der Waals surface area (Å²) in [7, 11) is 4.53. The maximum absolute atomic E-state index is 13.8. The number of amides is 2.